The molecule has 1 N–H and O–H groups in total. The van der Waals surface area contributed by atoms with Gasteiger partial charge in [-0.3, -0.25) is 4.90 Å². The summed E-state index contributed by atoms with van der Waals surface area (Å²) in [5.41, 5.74) is -2.38. The second kappa shape index (κ2) is 8.09. The van der Waals surface area contributed by atoms with Crippen molar-refractivity contribution >= 4 is 32.8 Å². The minimum atomic E-state index is -4.02. The molecular weight excluding hydrogens is 518 g/mol. The van der Waals surface area contributed by atoms with Gasteiger partial charge in [0.25, 0.3) is 5.92 Å². The van der Waals surface area contributed by atoms with Crippen LogP contribution in [-0.4, -0.2) is 61.4 Å². The van der Waals surface area contributed by atoms with Crippen LogP contribution in [0.3, 0.4) is 0 Å². The second-order valence-electron chi connectivity index (χ2n) is 8.33. The number of urea groups is 1. The van der Waals surface area contributed by atoms with Gasteiger partial charge in [0.1, 0.15) is 23.7 Å². The summed E-state index contributed by atoms with van der Waals surface area (Å²) in [5, 5.41) is 3.09. The third kappa shape index (κ3) is 3.51. The smallest absolute Gasteiger partial charge is 0.326 e. The van der Waals surface area contributed by atoms with Crippen molar-refractivity contribution in [3.05, 3.63) is 47.5 Å². The molecule has 1 aromatic heterocycles. The fourth-order valence-corrected chi connectivity index (χ4v) is 5.34. The van der Waals surface area contributed by atoms with E-state index in [-0.39, 0.29) is 0 Å². The van der Waals surface area contributed by atoms with Gasteiger partial charge in [-0.05, 0) is 19.1 Å². The number of amides is 2. The first-order chi connectivity index (χ1) is 16.9. The Hall–Kier alpha value is -3.33. The molecule has 0 unspecified atom stereocenters. The van der Waals surface area contributed by atoms with E-state index in [0.717, 1.165) is 18.2 Å². The molecule has 2 atom stereocenters. The number of anilines is 1. The van der Waals surface area contributed by atoms with Crippen molar-refractivity contribution in [2.75, 3.05) is 23.7 Å². The summed E-state index contributed by atoms with van der Waals surface area (Å²) in [7, 11) is -4.02. The molecule has 0 saturated carbocycles. The summed E-state index contributed by atoms with van der Waals surface area (Å²) in [6.07, 6.45) is 0. The Bertz CT molecular complexity index is 1490. The highest BCUT2D eigenvalue weighted by Gasteiger charge is 2.63. The Kier molecular flexibility index (Phi) is 5.48. The monoisotopic (exact) mass is 534 g/mol. The lowest BCUT2D eigenvalue weighted by molar-refractivity contribution is -0.0324. The number of hydrogen-bond acceptors (Lipinski definition) is 5. The van der Waals surface area contributed by atoms with Crippen molar-refractivity contribution in [3.63, 3.8) is 0 Å². The summed E-state index contributed by atoms with van der Waals surface area (Å²) < 4.78 is 119. The Morgan fingerprint density at radius 1 is 1.11 bits per heavy atom. The number of benzene rings is 2. The zero-order chi connectivity index (χ0) is 26.2. The third-order valence-electron chi connectivity index (χ3n) is 6.30. The maximum atomic E-state index is 15.1. The van der Waals surface area contributed by atoms with Crippen molar-refractivity contribution < 1.29 is 44.1 Å². The van der Waals surface area contributed by atoms with Crippen molar-refractivity contribution in [2.45, 2.75) is 24.9 Å². The number of alkyl halides is 2. The van der Waals surface area contributed by atoms with Gasteiger partial charge in [-0.2, -0.15) is 0 Å². The average molecular weight is 534 g/mol. The molecule has 36 heavy (non-hydrogen) atoms. The molecular formula is C21H16F6N4O4S. The summed E-state index contributed by atoms with van der Waals surface area (Å²) >= 11 is 0. The lowest BCUT2D eigenvalue weighted by Gasteiger charge is -2.23. The first-order valence-corrected chi connectivity index (χ1v) is 12.2. The van der Waals surface area contributed by atoms with Crippen LogP contribution in [0.25, 0.3) is 22.1 Å². The quantitative estimate of drug-likeness (QED) is 0.505. The predicted molar refractivity (Wildman–Crippen MR) is 114 cm³/mol. The standard InChI is InChI=1S/C21H16F6N4O4S/c1-2-36(33,34)29-13-7-30-14(21(13,26)27)8-31(20(30)32)19-16-12(35-28-19)6-11(24)18(25)17(16)15-9(22)4-3-5-10(15)23/h3-6,13-14,29H,2,7-8H2,1H3/t13-,14-/m1/s1. The normalized spacial score (nSPS) is 21.6. The summed E-state index contributed by atoms with van der Waals surface area (Å²) in [6, 6.07) is -1.59. The van der Waals surface area contributed by atoms with Gasteiger partial charge in [0, 0.05) is 18.2 Å². The Morgan fingerprint density at radius 3 is 2.39 bits per heavy atom. The molecule has 0 bridgehead atoms. The fourth-order valence-electron chi connectivity index (χ4n) is 4.51. The van der Waals surface area contributed by atoms with E-state index in [4.69, 9.17) is 4.52 Å². The molecule has 3 aromatic rings. The maximum absolute atomic E-state index is 15.1. The van der Waals surface area contributed by atoms with Crippen LogP contribution in [-0.2, 0) is 10.0 Å². The van der Waals surface area contributed by atoms with E-state index in [2.05, 4.69) is 5.16 Å². The first kappa shape index (κ1) is 24.4. The van der Waals surface area contributed by atoms with E-state index < -0.39 is 104 Å². The molecule has 2 amide bonds. The van der Waals surface area contributed by atoms with Gasteiger partial charge in [0.05, 0.1) is 23.2 Å². The number of fused-ring (bicyclic) bond motifs is 2. The number of hydrogen-bond donors (Lipinski definition) is 1. The van der Waals surface area contributed by atoms with Crippen LogP contribution in [0, 0.1) is 23.3 Å². The van der Waals surface area contributed by atoms with Crippen LogP contribution >= 0.6 is 0 Å². The van der Waals surface area contributed by atoms with Crippen molar-refractivity contribution in [2.24, 2.45) is 0 Å². The molecule has 2 aromatic carbocycles. The van der Waals surface area contributed by atoms with Crippen LogP contribution in [0.15, 0.2) is 28.8 Å². The highest BCUT2D eigenvalue weighted by molar-refractivity contribution is 7.89. The third-order valence-corrected chi connectivity index (χ3v) is 7.71. The van der Waals surface area contributed by atoms with Crippen LogP contribution < -0.4 is 9.62 Å². The number of halogens is 6. The number of rotatable bonds is 5. The molecule has 0 radical (unpaired) electrons. The van der Waals surface area contributed by atoms with Gasteiger partial charge in [-0.15, -0.1) is 0 Å². The van der Waals surface area contributed by atoms with E-state index in [1.54, 1.807) is 0 Å². The second-order valence-corrected chi connectivity index (χ2v) is 10.4. The maximum Gasteiger partial charge on any atom is 0.326 e. The molecule has 0 aliphatic carbocycles. The number of aromatic nitrogens is 1. The van der Waals surface area contributed by atoms with Gasteiger partial charge in [-0.25, -0.2) is 44.3 Å². The SMILES string of the molecule is CCS(=O)(=O)N[C@@H]1CN2C(=O)N(c3noc4cc(F)c(F)c(-c5c(F)cccc5F)c34)C[C@@H]2C1(F)F. The molecule has 0 spiro atoms. The molecule has 2 fully saturated rings. The largest absolute Gasteiger partial charge is 0.354 e. The Morgan fingerprint density at radius 2 is 1.78 bits per heavy atom. The fraction of sp³-hybridized carbons (Fsp3) is 0.333. The number of sulfonamides is 1. The molecule has 2 saturated heterocycles. The van der Waals surface area contributed by atoms with E-state index >= 15 is 8.78 Å². The number of nitrogens with one attached hydrogen (secondary N) is 1. The predicted octanol–water partition coefficient (Wildman–Crippen LogP) is 3.62. The van der Waals surface area contributed by atoms with Crippen molar-refractivity contribution in [1.82, 2.24) is 14.8 Å². The highest BCUT2D eigenvalue weighted by Crippen LogP contribution is 2.45. The van der Waals surface area contributed by atoms with Crippen molar-refractivity contribution in [1.29, 1.82) is 0 Å². The summed E-state index contributed by atoms with van der Waals surface area (Å²) in [4.78, 5) is 14.5. The van der Waals surface area contributed by atoms with Gasteiger partial charge in [0.2, 0.25) is 10.0 Å². The summed E-state index contributed by atoms with van der Waals surface area (Å²) in [5.74, 6) is -10.4. The van der Waals surface area contributed by atoms with Gasteiger partial charge >= 0.3 is 6.03 Å². The van der Waals surface area contributed by atoms with Crippen LogP contribution in [0.2, 0.25) is 0 Å². The molecule has 15 heteroatoms. The van der Waals surface area contributed by atoms with Gasteiger partial charge < -0.3 is 9.42 Å². The topological polar surface area (TPSA) is 95.8 Å². The minimum Gasteiger partial charge on any atom is -0.354 e. The van der Waals surface area contributed by atoms with E-state index in [1.807, 2.05) is 4.72 Å². The number of carbonyl (C=O) groups is 1. The Labute approximate surface area is 199 Å². The zero-order valence-corrected chi connectivity index (χ0v) is 19.1. The first-order valence-electron chi connectivity index (χ1n) is 10.5. The minimum absolute atomic E-state index is 0.452. The zero-order valence-electron chi connectivity index (χ0n) is 18.2. The van der Waals surface area contributed by atoms with Crippen LogP contribution in [0.5, 0.6) is 0 Å². The number of nitrogens with zero attached hydrogens (tertiary/aromatic N) is 3. The van der Waals surface area contributed by atoms with Gasteiger partial charge in [-0.1, -0.05) is 11.2 Å². The van der Waals surface area contributed by atoms with E-state index in [1.165, 1.54) is 6.92 Å². The summed E-state index contributed by atoms with van der Waals surface area (Å²) in [6.45, 7) is -0.160. The molecule has 3 heterocycles. The lowest BCUT2D eigenvalue weighted by Crippen LogP contribution is -2.51. The average Bonchev–Trinajstić information content (AvgIpc) is 3.43. The number of carbonyl (C=O) groups excluding carboxylic acids is 1. The Balaban J connectivity index is 1.61. The molecule has 5 rings (SSSR count). The van der Waals surface area contributed by atoms with E-state index in [9.17, 15) is 30.8 Å². The van der Waals surface area contributed by atoms with Crippen LogP contribution in [0.4, 0.5) is 37.0 Å². The van der Waals surface area contributed by atoms with E-state index in [0.29, 0.717) is 15.9 Å². The van der Waals surface area contributed by atoms with Crippen LogP contribution in [0.1, 0.15) is 6.92 Å². The molecule has 192 valence electrons. The molecule has 8 nitrogen and oxygen atoms in total. The van der Waals surface area contributed by atoms with Crippen molar-refractivity contribution in [3.8, 4) is 11.1 Å². The molecule has 2 aliphatic heterocycles. The lowest BCUT2D eigenvalue weighted by atomic mass is 9.99. The molecule has 2 aliphatic rings. The van der Waals surface area contributed by atoms with Gasteiger partial charge in [0.15, 0.2) is 23.0 Å². The highest BCUT2D eigenvalue weighted by atomic mass is 32.2.